The van der Waals surface area contributed by atoms with E-state index in [4.69, 9.17) is 0 Å². The molecule has 8 heteroatoms. The second kappa shape index (κ2) is 11.4. The van der Waals surface area contributed by atoms with Gasteiger partial charge in [0.2, 0.25) is 5.91 Å². The van der Waals surface area contributed by atoms with Gasteiger partial charge in [0.1, 0.15) is 0 Å². The van der Waals surface area contributed by atoms with Crippen LogP contribution in [0.1, 0.15) is 17.5 Å². The molecule has 32 heavy (non-hydrogen) atoms. The Morgan fingerprint density at radius 1 is 1.06 bits per heavy atom. The minimum atomic E-state index is 0. The summed E-state index contributed by atoms with van der Waals surface area (Å²) in [6, 6.07) is 17.5. The molecule has 0 saturated carbocycles. The molecule has 3 N–H and O–H groups in total. The van der Waals surface area contributed by atoms with E-state index in [9.17, 15) is 4.79 Å². The second-order valence-corrected chi connectivity index (χ2v) is 8.28. The Kier molecular flexibility index (Phi) is 8.60. The van der Waals surface area contributed by atoms with Crippen LogP contribution in [0.25, 0.3) is 0 Å². The van der Waals surface area contributed by atoms with Gasteiger partial charge in [-0.3, -0.25) is 9.79 Å². The number of aliphatic imine (C=N–C) groups is 1. The molecule has 1 atom stereocenters. The highest BCUT2D eigenvalue weighted by Crippen LogP contribution is 2.21. The molecule has 172 valence electrons. The third-order valence-electron chi connectivity index (χ3n) is 5.95. The van der Waals surface area contributed by atoms with Crippen molar-refractivity contribution in [2.75, 3.05) is 49.6 Å². The first-order chi connectivity index (χ1) is 15.1. The van der Waals surface area contributed by atoms with Crippen molar-refractivity contribution in [2.45, 2.75) is 25.9 Å². The van der Waals surface area contributed by atoms with Gasteiger partial charge in [0, 0.05) is 57.2 Å². The Bertz CT molecular complexity index is 915. The summed E-state index contributed by atoms with van der Waals surface area (Å²) in [5.74, 6) is 0.909. The van der Waals surface area contributed by atoms with Crippen LogP contribution in [0, 0.1) is 6.92 Å². The average molecular weight is 548 g/mol. The van der Waals surface area contributed by atoms with Crippen LogP contribution < -0.4 is 25.8 Å². The van der Waals surface area contributed by atoms with Gasteiger partial charge >= 0.3 is 0 Å². The van der Waals surface area contributed by atoms with E-state index in [1.165, 1.54) is 16.8 Å². The molecule has 1 amide bonds. The zero-order valence-electron chi connectivity index (χ0n) is 18.8. The monoisotopic (exact) mass is 548 g/mol. The molecule has 7 nitrogen and oxygen atoms in total. The van der Waals surface area contributed by atoms with Crippen LogP contribution in [0.4, 0.5) is 11.4 Å². The fourth-order valence-corrected chi connectivity index (χ4v) is 4.13. The average Bonchev–Trinajstić information content (AvgIpc) is 3.26. The number of carbonyl (C=O) groups excluding carboxylic acids is 1. The van der Waals surface area contributed by atoms with Crippen molar-refractivity contribution in [3.63, 3.8) is 0 Å². The number of aryl methyl sites for hydroxylation is 1. The molecule has 4 rings (SSSR count). The van der Waals surface area contributed by atoms with Gasteiger partial charge in [-0.05, 0) is 43.2 Å². The molecule has 2 heterocycles. The fourth-order valence-electron chi connectivity index (χ4n) is 4.13. The smallest absolute Gasteiger partial charge is 0.239 e. The van der Waals surface area contributed by atoms with Crippen LogP contribution in [0.15, 0.2) is 53.5 Å². The van der Waals surface area contributed by atoms with Gasteiger partial charge in [-0.25, -0.2) is 0 Å². The fraction of sp³-hybridized carbons (Fsp3) is 0.417. The normalized spacial score (nSPS) is 18.8. The molecule has 2 aliphatic rings. The van der Waals surface area contributed by atoms with Gasteiger partial charge in [-0.1, -0.05) is 29.8 Å². The summed E-state index contributed by atoms with van der Waals surface area (Å²) in [6.07, 6.45) is 1.09. The maximum atomic E-state index is 11.6. The van der Waals surface area contributed by atoms with Crippen molar-refractivity contribution in [2.24, 2.45) is 4.99 Å². The molecule has 0 aromatic heterocycles. The van der Waals surface area contributed by atoms with Crippen LogP contribution in [0.5, 0.6) is 0 Å². The minimum Gasteiger partial charge on any atom is -0.369 e. The largest absolute Gasteiger partial charge is 0.369 e. The van der Waals surface area contributed by atoms with Crippen molar-refractivity contribution >= 4 is 47.2 Å². The number of benzene rings is 2. The summed E-state index contributed by atoms with van der Waals surface area (Å²) in [4.78, 5) is 20.5. The lowest BCUT2D eigenvalue weighted by atomic mass is 10.2. The molecule has 2 aliphatic heterocycles. The number of piperazine rings is 1. The minimum absolute atomic E-state index is 0. The Morgan fingerprint density at radius 2 is 1.75 bits per heavy atom. The predicted molar refractivity (Wildman–Crippen MR) is 142 cm³/mol. The summed E-state index contributed by atoms with van der Waals surface area (Å²) >= 11 is 0. The van der Waals surface area contributed by atoms with Crippen LogP contribution in [0.3, 0.4) is 0 Å². The number of anilines is 2. The van der Waals surface area contributed by atoms with Crippen molar-refractivity contribution in [1.29, 1.82) is 0 Å². The van der Waals surface area contributed by atoms with E-state index in [0.29, 0.717) is 25.7 Å². The summed E-state index contributed by atoms with van der Waals surface area (Å²) in [5, 5.41) is 9.85. The summed E-state index contributed by atoms with van der Waals surface area (Å²) < 4.78 is 0. The lowest BCUT2D eigenvalue weighted by Crippen LogP contribution is -2.47. The molecule has 2 fully saturated rings. The molecular formula is C24H33IN6O. The zero-order valence-corrected chi connectivity index (χ0v) is 21.1. The predicted octanol–water partition coefficient (Wildman–Crippen LogP) is 2.49. The SMILES string of the molecule is CN=C(NCc1ccc(N2CCNC(=O)C2)cc1)NC1CCN(c2ccc(C)cc2)C1.I. The van der Waals surface area contributed by atoms with E-state index in [1.54, 1.807) is 0 Å². The van der Waals surface area contributed by atoms with Crippen molar-refractivity contribution in [3.8, 4) is 0 Å². The number of guanidine groups is 1. The van der Waals surface area contributed by atoms with Crippen molar-refractivity contribution in [1.82, 2.24) is 16.0 Å². The summed E-state index contributed by atoms with van der Waals surface area (Å²) in [5.41, 5.74) is 4.84. The van der Waals surface area contributed by atoms with E-state index >= 15 is 0 Å². The number of rotatable bonds is 5. The highest BCUT2D eigenvalue weighted by molar-refractivity contribution is 14.0. The Morgan fingerprint density at radius 3 is 2.44 bits per heavy atom. The van der Waals surface area contributed by atoms with E-state index in [2.05, 4.69) is 86.2 Å². The second-order valence-electron chi connectivity index (χ2n) is 8.28. The maximum absolute atomic E-state index is 11.6. The topological polar surface area (TPSA) is 72.0 Å². The van der Waals surface area contributed by atoms with Gasteiger partial charge in [0.15, 0.2) is 5.96 Å². The van der Waals surface area contributed by atoms with Gasteiger partial charge in [-0.15, -0.1) is 24.0 Å². The number of hydrogen-bond acceptors (Lipinski definition) is 4. The summed E-state index contributed by atoms with van der Waals surface area (Å²) in [6.45, 7) is 6.82. The van der Waals surface area contributed by atoms with Gasteiger partial charge < -0.3 is 25.8 Å². The third kappa shape index (κ3) is 6.27. The molecule has 0 bridgehead atoms. The van der Waals surface area contributed by atoms with Crippen LogP contribution in [-0.4, -0.2) is 57.7 Å². The molecule has 1 unspecified atom stereocenters. The molecular weight excluding hydrogens is 515 g/mol. The van der Waals surface area contributed by atoms with Gasteiger partial charge in [0.05, 0.1) is 6.54 Å². The number of carbonyl (C=O) groups is 1. The standard InChI is InChI=1S/C24H32N6O.HI/c1-18-3-7-21(8-4-18)29-13-11-20(16-29)28-24(25-2)27-15-19-5-9-22(10-6-19)30-14-12-26-23(31)17-30;/h3-10,20H,11-17H2,1-2H3,(H,26,31)(H2,25,27,28);1H. The van der Waals surface area contributed by atoms with Crippen LogP contribution >= 0.6 is 24.0 Å². The number of nitrogens with zero attached hydrogens (tertiary/aromatic N) is 3. The van der Waals surface area contributed by atoms with Gasteiger partial charge in [-0.2, -0.15) is 0 Å². The molecule has 0 spiro atoms. The molecule has 0 radical (unpaired) electrons. The first kappa shape index (κ1) is 24.2. The lowest BCUT2D eigenvalue weighted by molar-refractivity contribution is -0.120. The maximum Gasteiger partial charge on any atom is 0.239 e. The van der Waals surface area contributed by atoms with Crippen LogP contribution in [-0.2, 0) is 11.3 Å². The third-order valence-corrected chi connectivity index (χ3v) is 5.95. The van der Waals surface area contributed by atoms with Gasteiger partial charge in [0.25, 0.3) is 0 Å². The highest BCUT2D eigenvalue weighted by atomic mass is 127. The number of hydrogen-bond donors (Lipinski definition) is 3. The Hall–Kier alpha value is -2.49. The molecule has 2 aromatic carbocycles. The Balaban J connectivity index is 0.00000289. The molecule has 2 aromatic rings. The van der Waals surface area contributed by atoms with E-state index in [0.717, 1.165) is 37.7 Å². The van der Waals surface area contributed by atoms with Crippen molar-refractivity contribution < 1.29 is 4.79 Å². The quantitative estimate of drug-likeness (QED) is 0.305. The number of nitrogens with one attached hydrogen (secondary N) is 3. The first-order valence-corrected chi connectivity index (χ1v) is 11.0. The van der Waals surface area contributed by atoms with E-state index < -0.39 is 0 Å². The summed E-state index contributed by atoms with van der Waals surface area (Å²) in [7, 11) is 1.81. The van der Waals surface area contributed by atoms with E-state index in [-0.39, 0.29) is 29.9 Å². The highest BCUT2D eigenvalue weighted by Gasteiger charge is 2.23. The zero-order chi connectivity index (χ0) is 21.6. The van der Waals surface area contributed by atoms with E-state index in [1.807, 2.05) is 7.05 Å². The van der Waals surface area contributed by atoms with Crippen LogP contribution in [0.2, 0.25) is 0 Å². The molecule has 0 aliphatic carbocycles. The molecule has 2 saturated heterocycles. The number of amides is 1. The lowest BCUT2D eigenvalue weighted by Gasteiger charge is -2.28. The van der Waals surface area contributed by atoms with Crippen molar-refractivity contribution in [3.05, 3.63) is 59.7 Å². The number of halogens is 1. The Labute approximate surface area is 207 Å². The first-order valence-electron chi connectivity index (χ1n) is 11.0.